The molecule has 0 spiro atoms. The highest BCUT2D eigenvalue weighted by atomic mass is 19.1. The summed E-state index contributed by atoms with van der Waals surface area (Å²) in [6.45, 7) is 1.61. The highest BCUT2D eigenvalue weighted by Crippen LogP contribution is 2.36. The molecule has 3 aliphatic rings. The predicted molar refractivity (Wildman–Crippen MR) is 107 cm³/mol. The molecule has 0 N–H and O–H groups in total. The summed E-state index contributed by atoms with van der Waals surface area (Å²) in [6, 6.07) is 5.97. The van der Waals surface area contributed by atoms with E-state index in [0.717, 1.165) is 58.0 Å². The molecular formula is C23H29FN2O2. The number of carbonyl (C=O) groups excluding carboxylic acids is 2. The zero-order valence-corrected chi connectivity index (χ0v) is 16.5. The maximum Gasteiger partial charge on any atom is 0.278 e. The van der Waals surface area contributed by atoms with Gasteiger partial charge in [0, 0.05) is 19.1 Å². The summed E-state index contributed by atoms with van der Waals surface area (Å²) in [7, 11) is 0. The first kappa shape index (κ1) is 19.2. The van der Waals surface area contributed by atoms with Crippen molar-refractivity contribution in [2.24, 2.45) is 0 Å². The largest absolute Gasteiger partial charge is 0.366 e. The third-order valence-electron chi connectivity index (χ3n) is 6.34. The molecule has 1 saturated carbocycles. The number of amides is 2. The van der Waals surface area contributed by atoms with E-state index in [1.165, 1.54) is 36.3 Å². The van der Waals surface area contributed by atoms with Crippen LogP contribution in [0, 0.1) is 5.82 Å². The molecule has 28 heavy (non-hydrogen) atoms. The Morgan fingerprint density at radius 1 is 0.750 bits per heavy atom. The van der Waals surface area contributed by atoms with E-state index in [1.807, 2.05) is 0 Å². The minimum Gasteiger partial charge on any atom is -0.366 e. The maximum atomic E-state index is 13.5. The van der Waals surface area contributed by atoms with Crippen LogP contribution in [-0.4, -0.2) is 40.7 Å². The van der Waals surface area contributed by atoms with Gasteiger partial charge in [0.25, 0.3) is 11.8 Å². The highest BCUT2D eigenvalue weighted by molar-refractivity contribution is 6.35. The summed E-state index contributed by atoms with van der Waals surface area (Å²) in [5, 5.41) is 0. The lowest BCUT2D eigenvalue weighted by Gasteiger charge is -2.31. The van der Waals surface area contributed by atoms with Gasteiger partial charge in [-0.1, -0.05) is 44.2 Å². The van der Waals surface area contributed by atoms with Gasteiger partial charge in [0.1, 0.15) is 11.5 Å². The van der Waals surface area contributed by atoms with Crippen LogP contribution >= 0.6 is 0 Å². The van der Waals surface area contributed by atoms with E-state index in [2.05, 4.69) is 4.90 Å². The van der Waals surface area contributed by atoms with Gasteiger partial charge < -0.3 is 4.90 Å². The summed E-state index contributed by atoms with van der Waals surface area (Å²) in [4.78, 5) is 30.6. The van der Waals surface area contributed by atoms with Gasteiger partial charge in [-0.25, -0.2) is 4.39 Å². The van der Waals surface area contributed by atoms with E-state index in [-0.39, 0.29) is 23.7 Å². The Morgan fingerprint density at radius 2 is 1.32 bits per heavy atom. The molecule has 1 saturated heterocycles. The van der Waals surface area contributed by atoms with Crippen LogP contribution in [0.5, 0.6) is 0 Å². The van der Waals surface area contributed by atoms with Crippen LogP contribution in [0.25, 0.3) is 5.57 Å². The van der Waals surface area contributed by atoms with Crippen molar-refractivity contribution in [3.8, 4) is 0 Å². The minimum absolute atomic E-state index is 0.0157. The number of carbonyl (C=O) groups is 2. The monoisotopic (exact) mass is 384 g/mol. The van der Waals surface area contributed by atoms with Crippen LogP contribution in [0.15, 0.2) is 30.0 Å². The van der Waals surface area contributed by atoms with Crippen LogP contribution in [0.4, 0.5) is 4.39 Å². The molecule has 5 heteroatoms. The number of nitrogens with zero attached hydrogens (tertiary/aromatic N) is 2. The predicted octanol–water partition coefficient (Wildman–Crippen LogP) is 4.50. The van der Waals surface area contributed by atoms with Gasteiger partial charge in [-0.15, -0.1) is 0 Å². The van der Waals surface area contributed by atoms with Crippen LogP contribution < -0.4 is 0 Å². The van der Waals surface area contributed by atoms with Gasteiger partial charge in [-0.2, -0.15) is 0 Å². The van der Waals surface area contributed by atoms with Gasteiger partial charge in [0.05, 0.1) is 5.57 Å². The Labute approximate surface area is 166 Å². The van der Waals surface area contributed by atoms with Gasteiger partial charge in [-0.05, 0) is 49.8 Å². The van der Waals surface area contributed by atoms with Crippen molar-refractivity contribution < 1.29 is 14.0 Å². The lowest BCUT2D eigenvalue weighted by atomic mass is 9.95. The number of hydrogen-bond acceptors (Lipinski definition) is 3. The van der Waals surface area contributed by atoms with Crippen molar-refractivity contribution in [2.75, 3.05) is 13.1 Å². The summed E-state index contributed by atoms with van der Waals surface area (Å²) in [5.74, 6) is -0.669. The minimum atomic E-state index is -0.336. The number of benzene rings is 1. The summed E-state index contributed by atoms with van der Waals surface area (Å²) in [5.41, 5.74) is 1.65. The average molecular weight is 384 g/mol. The average Bonchev–Trinajstić information content (AvgIpc) is 2.94. The normalized spacial score (nSPS) is 22.6. The lowest BCUT2D eigenvalue weighted by Crippen LogP contribution is -2.43. The van der Waals surface area contributed by atoms with Crippen LogP contribution in [-0.2, 0) is 9.59 Å². The fraction of sp³-hybridized carbons (Fsp3) is 0.565. The molecule has 2 amide bonds. The second kappa shape index (κ2) is 8.46. The highest BCUT2D eigenvalue weighted by Gasteiger charge is 2.44. The number of hydrogen-bond donors (Lipinski definition) is 0. The van der Waals surface area contributed by atoms with Crippen molar-refractivity contribution in [3.05, 3.63) is 41.3 Å². The maximum absolute atomic E-state index is 13.5. The Hall–Kier alpha value is -2.17. The molecule has 2 aliphatic heterocycles. The molecule has 1 aromatic rings. The first-order valence-electron chi connectivity index (χ1n) is 10.8. The number of likely N-dealkylation sites (tertiary alicyclic amines) is 1. The second-order valence-electron chi connectivity index (χ2n) is 8.26. The van der Waals surface area contributed by atoms with Crippen molar-refractivity contribution in [2.45, 2.75) is 70.3 Å². The third-order valence-corrected chi connectivity index (χ3v) is 6.34. The lowest BCUT2D eigenvalue weighted by molar-refractivity contribution is -0.140. The first-order valence-corrected chi connectivity index (χ1v) is 10.8. The number of halogens is 1. The van der Waals surface area contributed by atoms with Gasteiger partial charge in [0.2, 0.25) is 0 Å². The molecule has 0 aromatic heterocycles. The quantitative estimate of drug-likeness (QED) is 0.720. The Morgan fingerprint density at radius 3 is 1.96 bits per heavy atom. The molecule has 150 valence electrons. The molecule has 0 unspecified atom stereocenters. The van der Waals surface area contributed by atoms with E-state index in [9.17, 15) is 14.0 Å². The standard InChI is InChI=1S/C23H29FN2O2/c24-18-13-11-17(12-14-18)20-21(25-15-7-4-8-16-25)23(28)26(22(20)27)19-9-5-2-1-3-6-10-19/h11-14,19H,1-10,15-16H2. The van der Waals surface area contributed by atoms with Gasteiger partial charge in [0.15, 0.2) is 0 Å². The molecule has 0 bridgehead atoms. The van der Waals surface area contributed by atoms with E-state index in [4.69, 9.17) is 0 Å². The third kappa shape index (κ3) is 3.71. The number of piperidine rings is 1. The fourth-order valence-electron chi connectivity index (χ4n) is 4.85. The first-order chi connectivity index (χ1) is 13.7. The van der Waals surface area contributed by atoms with Crippen LogP contribution in [0.2, 0.25) is 0 Å². The van der Waals surface area contributed by atoms with E-state index in [1.54, 1.807) is 12.1 Å². The van der Waals surface area contributed by atoms with Crippen molar-refractivity contribution in [1.29, 1.82) is 0 Å². The summed E-state index contributed by atoms with van der Waals surface area (Å²) >= 11 is 0. The van der Waals surface area contributed by atoms with Crippen LogP contribution in [0.3, 0.4) is 0 Å². The molecule has 2 fully saturated rings. The zero-order chi connectivity index (χ0) is 19.5. The topological polar surface area (TPSA) is 40.6 Å². The van der Waals surface area contributed by atoms with Crippen LogP contribution in [0.1, 0.15) is 69.8 Å². The summed E-state index contributed by atoms with van der Waals surface area (Å²) < 4.78 is 13.5. The molecule has 1 aliphatic carbocycles. The molecule has 1 aromatic carbocycles. The van der Waals surface area contributed by atoms with E-state index < -0.39 is 0 Å². The van der Waals surface area contributed by atoms with E-state index >= 15 is 0 Å². The fourth-order valence-corrected chi connectivity index (χ4v) is 4.85. The number of rotatable bonds is 3. The number of imide groups is 1. The smallest absolute Gasteiger partial charge is 0.278 e. The van der Waals surface area contributed by atoms with E-state index in [0.29, 0.717) is 16.8 Å². The molecular weight excluding hydrogens is 355 g/mol. The van der Waals surface area contributed by atoms with Crippen molar-refractivity contribution in [1.82, 2.24) is 9.80 Å². The molecule has 2 heterocycles. The molecule has 4 rings (SSSR count). The Kier molecular flexibility index (Phi) is 5.79. The molecule has 4 nitrogen and oxygen atoms in total. The van der Waals surface area contributed by atoms with Gasteiger partial charge >= 0.3 is 0 Å². The Bertz CT molecular complexity index is 757. The molecule has 0 atom stereocenters. The SMILES string of the molecule is O=C1C(c2ccc(F)cc2)=C(N2CCCCC2)C(=O)N1C1CCCCCCC1. The Balaban J connectivity index is 1.71. The van der Waals surface area contributed by atoms with Gasteiger partial charge in [-0.3, -0.25) is 14.5 Å². The zero-order valence-electron chi connectivity index (χ0n) is 16.5. The summed E-state index contributed by atoms with van der Waals surface area (Å²) in [6.07, 6.45) is 10.7. The van der Waals surface area contributed by atoms with Crippen molar-refractivity contribution >= 4 is 17.4 Å². The second-order valence-corrected chi connectivity index (χ2v) is 8.26. The molecule has 0 radical (unpaired) electrons. The van der Waals surface area contributed by atoms with Crippen molar-refractivity contribution in [3.63, 3.8) is 0 Å².